The number of hydrogen-bond donors (Lipinski definition) is 3. The molecule has 0 saturated carbocycles. The topological polar surface area (TPSA) is 101 Å². The molecule has 2 heterocycles. The summed E-state index contributed by atoms with van der Waals surface area (Å²) < 4.78 is 23.2. The minimum Gasteiger partial charge on any atom is -0.397 e. The van der Waals surface area contributed by atoms with Crippen LogP contribution in [-0.4, -0.2) is 35.7 Å². The third-order valence-electron chi connectivity index (χ3n) is 3.55. The van der Waals surface area contributed by atoms with Crippen LogP contribution in [0.3, 0.4) is 0 Å². The van der Waals surface area contributed by atoms with E-state index in [4.69, 9.17) is 5.73 Å². The number of sulfone groups is 1. The molecular weight excluding hydrogens is 264 g/mol. The summed E-state index contributed by atoms with van der Waals surface area (Å²) >= 11 is 0. The van der Waals surface area contributed by atoms with Gasteiger partial charge in [0.1, 0.15) is 0 Å². The highest BCUT2D eigenvalue weighted by Gasteiger charge is 2.38. The van der Waals surface area contributed by atoms with Gasteiger partial charge in [-0.3, -0.25) is 5.10 Å². The zero-order valence-corrected chi connectivity index (χ0v) is 11.4. The number of nitrogen functional groups attached to an aromatic ring is 1. The summed E-state index contributed by atoms with van der Waals surface area (Å²) in [6, 6.07) is 3.70. The Hall–Kier alpha value is -1.76. The lowest BCUT2D eigenvalue weighted by Gasteiger charge is -2.26. The van der Waals surface area contributed by atoms with Gasteiger partial charge in [0, 0.05) is 10.9 Å². The van der Waals surface area contributed by atoms with E-state index in [0.29, 0.717) is 12.1 Å². The van der Waals surface area contributed by atoms with Crippen molar-refractivity contribution in [2.75, 3.05) is 22.6 Å². The summed E-state index contributed by atoms with van der Waals surface area (Å²) in [4.78, 5) is 0. The van der Waals surface area contributed by atoms with E-state index in [1.54, 1.807) is 6.20 Å². The van der Waals surface area contributed by atoms with E-state index in [-0.39, 0.29) is 11.5 Å². The highest BCUT2D eigenvalue weighted by molar-refractivity contribution is 7.91. The zero-order valence-electron chi connectivity index (χ0n) is 10.6. The normalized spacial score (nSPS) is 25.7. The van der Waals surface area contributed by atoms with E-state index >= 15 is 0 Å². The fourth-order valence-corrected chi connectivity index (χ4v) is 4.64. The van der Waals surface area contributed by atoms with Crippen molar-refractivity contribution in [1.29, 1.82) is 0 Å². The van der Waals surface area contributed by atoms with E-state index in [9.17, 15) is 8.42 Å². The molecule has 3 rings (SSSR count). The highest BCUT2D eigenvalue weighted by atomic mass is 32.2. The van der Waals surface area contributed by atoms with Crippen LogP contribution in [0.2, 0.25) is 0 Å². The number of nitrogens with zero attached hydrogens (tertiary/aromatic N) is 1. The van der Waals surface area contributed by atoms with Crippen LogP contribution in [0.1, 0.15) is 13.3 Å². The van der Waals surface area contributed by atoms with Crippen molar-refractivity contribution in [3.05, 3.63) is 18.3 Å². The van der Waals surface area contributed by atoms with E-state index in [2.05, 4.69) is 15.5 Å². The molecule has 1 unspecified atom stereocenters. The lowest BCUT2D eigenvalue weighted by molar-refractivity contribution is 0.574. The average molecular weight is 280 g/mol. The smallest absolute Gasteiger partial charge is 0.152 e. The molecule has 102 valence electrons. The van der Waals surface area contributed by atoms with E-state index < -0.39 is 15.4 Å². The Kier molecular flexibility index (Phi) is 2.50. The Labute approximate surface area is 111 Å². The van der Waals surface area contributed by atoms with Crippen LogP contribution in [0.25, 0.3) is 10.9 Å². The average Bonchev–Trinajstić information content (AvgIpc) is 2.83. The minimum atomic E-state index is -2.94. The first-order valence-electron chi connectivity index (χ1n) is 6.08. The summed E-state index contributed by atoms with van der Waals surface area (Å²) in [7, 11) is -2.94. The maximum absolute atomic E-state index is 11.6. The molecule has 1 aliphatic heterocycles. The molecule has 0 amide bonds. The predicted octanol–water partition coefficient (Wildman–Crippen LogP) is 1.13. The van der Waals surface area contributed by atoms with Gasteiger partial charge < -0.3 is 11.1 Å². The molecule has 1 atom stereocenters. The SMILES string of the molecule is CC1(Nc2cc3[nH]ncc3cc2N)CCS(=O)(=O)C1. The number of aromatic amines is 1. The third kappa shape index (κ3) is 2.25. The van der Waals surface area contributed by atoms with Crippen LogP contribution in [0, 0.1) is 0 Å². The number of aromatic nitrogens is 2. The summed E-state index contributed by atoms with van der Waals surface area (Å²) in [5, 5.41) is 11.0. The Morgan fingerprint density at radius 3 is 2.95 bits per heavy atom. The molecule has 6 nitrogen and oxygen atoms in total. The van der Waals surface area contributed by atoms with Crippen LogP contribution in [0.4, 0.5) is 11.4 Å². The van der Waals surface area contributed by atoms with Gasteiger partial charge in [-0.2, -0.15) is 5.10 Å². The molecule has 1 aromatic carbocycles. The fraction of sp³-hybridized carbons (Fsp3) is 0.417. The Balaban J connectivity index is 1.95. The number of H-pyrrole nitrogens is 1. The lowest BCUT2D eigenvalue weighted by atomic mass is 10.0. The summed E-state index contributed by atoms with van der Waals surface area (Å²) in [6.45, 7) is 1.91. The number of nitrogens with two attached hydrogens (primary N) is 1. The van der Waals surface area contributed by atoms with Gasteiger partial charge in [-0.1, -0.05) is 0 Å². The van der Waals surface area contributed by atoms with Gasteiger partial charge in [-0.25, -0.2) is 8.42 Å². The van der Waals surface area contributed by atoms with Crippen LogP contribution < -0.4 is 11.1 Å². The molecule has 19 heavy (non-hydrogen) atoms. The van der Waals surface area contributed by atoms with E-state index in [1.807, 2.05) is 19.1 Å². The first-order valence-corrected chi connectivity index (χ1v) is 7.90. The summed E-state index contributed by atoms with van der Waals surface area (Å²) in [5.41, 5.74) is 7.76. The lowest BCUT2D eigenvalue weighted by Crippen LogP contribution is -2.36. The molecule has 0 aliphatic carbocycles. The van der Waals surface area contributed by atoms with Crippen molar-refractivity contribution >= 4 is 32.1 Å². The zero-order chi connectivity index (χ0) is 13.7. The maximum atomic E-state index is 11.6. The molecule has 4 N–H and O–H groups in total. The van der Waals surface area contributed by atoms with Crippen molar-refractivity contribution in [3.8, 4) is 0 Å². The monoisotopic (exact) mass is 280 g/mol. The van der Waals surface area contributed by atoms with Crippen molar-refractivity contribution in [3.63, 3.8) is 0 Å². The molecule has 1 fully saturated rings. The van der Waals surface area contributed by atoms with E-state index in [1.165, 1.54) is 0 Å². The van der Waals surface area contributed by atoms with Crippen LogP contribution in [0.15, 0.2) is 18.3 Å². The van der Waals surface area contributed by atoms with Crippen molar-refractivity contribution < 1.29 is 8.42 Å². The Morgan fingerprint density at radius 1 is 1.47 bits per heavy atom. The number of nitrogens with one attached hydrogen (secondary N) is 2. The molecular formula is C12H16N4O2S. The van der Waals surface area contributed by atoms with Crippen LogP contribution >= 0.6 is 0 Å². The maximum Gasteiger partial charge on any atom is 0.152 e. The second-order valence-corrected chi connectivity index (χ2v) is 7.61. The second-order valence-electron chi connectivity index (χ2n) is 5.42. The van der Waals surface area contributed by atoms with Gasteiger partial charge in [-0.15, -0.1) is 0 Å². The molecule has 0 radical (unpaired) electrons. The van der Waals surface area contributed by atoms with Crippen LogP contribution in [0.5, 0.6) is 0 Å². The van der Waals surface area contributed by atoms with Gasteiger partial charge in [0.15, 0.2) is 9.84 Å². The first kappa shape index (κ1) is 12.3. The third-order valence-corrected chi connectivity index (χ3v) is 5.45. The highest BCUT2D eigenvalue weighted by Crippen LogP contribution is 2.32. The first-order chi connectivity index (χ1) is 8.87. The minimum absolute atomic E-state index is 0.139. The number of anilines is 2. The molecule has 0 bridgehead atoms. The van der Waals surface area contributed by atoms with Gasteiger partial charge in [0.25, 0.3) is 0 Å². The molecule has 1 aromatic heterocycles. The summed E-state index contributed by atoms with van der Waals surface area (Å²) in [6.07, 6.45) is 2.30. The van der Waals surface area contributed by atoms with Gasteiger partial charge in [-0.05, 0) is 25.5 Å². The molecule has 1 aliphatic rings. The van der Waals surface area contributed by atoms with Crippen LogP contribution in [-0.2, 0) is 9.84 Å². The summed E-state index contributed by atoms with van der Waals surface area (Å²) in [5.74, 6) is 0.364. The van der Waals surface area contributed by atoms with Gasteiger partial charge in [0.2, 0.25) is 0 Å². The largest absolute Gasteiger partial charge is 0.397 e. The molecule has 2 aromatic rings. The van der Waals surface area contributed by atoms with Crippen molar-refractivity contribution in [2.45, 2.75) is 18.9 Å². The number of hydrogen-bond acceptors (Lipinski definition) is 5. The predicted molar refractivity (Wildman–Crippen MR) is 75.8 cm³/mol. The number of benzene rings is 1. The molecule has 7 heteroatoms. The van der Waals surface area contributed by atoms with Crippen molar-refractivity contribution in [2.24, 2.45) is 0 Å². The van der Waals surface area contributed by atoms with Crippen molar-refractivity contribution in [1.82, 2.24) is 10.2 Å². The fourth-order valence-electron chi connectivity index (χ4n) is 2.55. The van der Waals surface area contributed by atoms with Gasteiger partial charge >= 0.3 is 0 Å². The second kappa shape index (κ2) is 3.86. The molecule has 1 saturated heterocycles. The molecule has 0 spiro atoms. The van der Waals surface area contributed by atoms with E-state index in [0.717, 1.165) is 16.6 Å². The number of rotatable bonds is 2. The Morgan fingerprint density at radius 2 is 2.26 bits per heavy atom. The quantitative estimate of drug-likeness (QED) is 0.716. The van der Waals surface area contributed by atoms with Gasteiger partial charge in [0.05, 0.1) is 34.6 Å². The standard InChI is InChI=1S/C12H16N4O2S/c1-12(2-3-19(17,18)7-12)15-11-5-10-8(4-9(11)13)6-14-16-10/h4-6,15H,2-3,7,13H2,1H3,(H,14,16). The Bertz CT molecular complexity index is 737. The number of fused-ring (bicyclic) bond motifs is 1.